The van der Waals surface area contributed by atoms with Crippen LogP contribution >= 0.6 is 27.7 Å². The second-order valence-electron chi connectivity index (χ2n) is 5.13. The summed E-state index contributed by atoms with van der Waals surface area (Å²) < 4.78 is 0.900. The van der Waals surface area contributed by atoms with Crippen LogP contribution in [0.1, 0.15) is 18.5 Å². The van der Waals surface area contributed by atoms with Gasteiger partial charge in [-0.3, -0.25) is 14.6 Å². The maximum Gasteiger partial charge on any atom is 0.234 e. The number of benzene rings is 1. The number of carbonyl (C=O) groups excluding carboxylic acids is 2. The molecule has 0 saturated heterocycles. The number of pyridine rings is 1. The molecule has 2 aromatic rings. The molecule has 2 N–H and O–H groups in total. The molecule has 0 radical (unpaired) electrons. The van der Waals surface area contributed by atoms with Crippen molar-refractivity contribution in [2.75, 3.05) is 16.8 Å². The molecule has 1 unspecified atom stereocenters. The van der Waals surface area contributed by atoms with Gasteiger partial charge in [0.2, 0.25) is 11.8 Å². The first kappa shape index (κ1) is 18.5. The maximum absolute atomic E-state index is 11.9. The third-order valence-electron chi connectivity index (χ3n) is 3.14. The Bertz CT molecular complexity index is 697. The lowest BCUT2D eigenvalue weighted by molar-refractivity contribution is -0.119. The normalized spacial score (nSPS) is 11.6. The summed E-state index contributed by atoms with van der Waals surface area (Å²) in [6, 6.07) is 11.0. The van der Waals surface area contributed by atoms with Gasteiger partial charge in [0.1, 0.15) is 0 Å². The highest BCUT2D eigenvalue weighted by molar-refractivity contribution is 9.10. The maximum atomic E-state index is 11.9. The summed E-state index contributed by atoms with van der Waals surface area (Å²) in [7, 11) is 0. The largest absolute Gasteiger partial charge is 0.349 e. The number of aromatic nitrogens is 1. The summed E-state index contributed by atoms with van der Waals surface area (Å²) in [6.45, 7) is 1.90. The van der Waals surface area contributed by atoms with Crippen LogP contribution in [0, 0.1) is 0 Å². The summed E-state index contributed by atoms with van der Waals surface area (Å²) in [6.07, 6.45) is 3.42. The highest BCUT2D eigenvalue weighted by Crippen LogP contribution is 2.16. The number of hydrogen-bond acceptors (Lipinski definition) is 4. The molecule has 2 amide bonds. The van der Waals surface area contributed by atoms with Crippen LogP contribution < -0.4 is 10.6 Å². The van der Waals surface area contributed by atoms with Crippen LogP contribution in [0.2, 0.25) is 0 Å². The van der Waals surface area contributed by atoms with Crippen molar-refractivity contribution in [3.63, 3.8) is 0 Å². The highest BCUT2D eigenvalue weighted by Gasteiger charge is 2.10. The minimum atomic E-state index is -0.133. The number of thioether (sulfide) groups is 1. The van der Waals surface area contributed by atoms with Crippen LogP contribution in [-0.4, -0.2) is 28.3 Å². The molecular formula is C17H18BrN3O2S. The third-order valence-corrected chi connectivity index (χ3v) is 4.56. The zero-order valence-corrected chi connectivity index (χ0v) is 15.6. The summed E-state index contributed by atoms with van der Waals surface area (Å²) in [5, 5.41) is 5.68. The van der Waals surface area contributed by atoms with E-state index in [0.29, 0.717) is 0 Å². The van der Waals surface area contributed by atoms with Crippen molar-refractivity contribution in [2.45, 2.75) is 13.0 Å². The van der Waals surface area contributed by atoms with Gasteiger partial charge < -0.3 is 10.6 Å². The monoisotopic (exact) mass is 407 g/mol. The topological polar surface area (TPSA) is 71.1 Å². The Balaban J connectivity index is 1.69. The second kappa shape index (κ2) is 9.44. The van der Waals surface area contributed by atoms with Gasteiger partial charge in [0.15, 0.2) is 0 Å². The van der Waals surface area contributed by atoms with E-state index < -0.39 is 0 Å². The minimum Gasteiger partial charge on any atom is -0.349 e. The molecule has 0 saturated carbocycles. The lowest BCUT2D eigenvalue weighted by Gasteiger charge is -2.13. The highest BCUT2D eigenvalue weighted by atomic mass is 79.9. The molecule has 0 fully saturated rings. The van der Waals surface area contributed by atoms with E-state index in [1.54, 1.807) is 12.4 Å². The fourth-order valence-electron chi connectivity index (χ4n) is 2.00. The van der Waals surface area contributed by atoms with E-state index in [1.807, 2.05) is 43.3 Å². The Morgan fingerprint density at radius 3 is 2.71 bits per heavy atom. The van der Waals surface area contributed by atoms with E-state index in [-0.39, 0.29) is 29.4 Å². The SMILES string of the molecule is CC(NC(=O)CSCC(=O)Nc1cccc(Br)c1)c1cccnc1. The van der Waals surface area contributed by atoms with Gasteiger partial charge in [-0.25, -0.2) is 0 Å². The van der Waals surface area contributed by atoms with E-state index in [0.717, 1.165) is 15.7 Å². The Kier molecular flexibility index (Phi) is 7.27. The van der Waals surface area contributed by atoms with Gasteiger partial charge in [0.05, 0.1) is 17.5 Å². The molecule has 1 heterocycles. The van der Waals surface area contributed by atoms with Crippen molar-refractivity contribution in [1.29, 1.82) is 0 Å². The molecule has 0 bridgehead atoms. The summed E-state index contributed by atoms with van der Waals surface area (Å²) >= 11 is 4.63. The van der Waals surface area contributed by atoms with Crippen LogP contribution in [0.25, 0.3) is 0 Å². The average molecular weight is 408 g/mol. The van der Waals surface area contributed by atoms with Crippen LogP contribution in [0.3, 0.4) is 0 Å². The fraction of sp³-hybridized carbons (Fsp3) is 0.235. The Labute approximate surface area is 153 Å². The van der Waals surface area contributed by atoms with Gasteiger partial charge in [-0.1, -0.05) is 28.1 Å². The minimum absolute atomic E-state index is 0.105. The number of halogens is 1. The number of amides is 2. The first-order valence-corrected chi connectivity index (χ1v) is 9.32. The van der Waals surface area contributed by atoms with Crippen molar-refractivity contribution >= 4 is 45.2 Å². The first-order chi connectivity index (χ1) is 11.5. The molecule has 126 valence electrons. The molecule has 1 aromatic heterocycles. The van der Waals surface area contributed by atoms with Crippen LogP contribution in [0.4, 0.5) is 5.69 Å². The van der Waals surface area contributed by atoms with E-state index in [4.69, 9.17) is 0 Å². The number of rotatable bonds is 7. The van der Waals surface area contributed by atoms with Gasteiger partial charge in [-0.05, 0) is 36.8 Å². The molecule has 0 aliphatic carbocycles. The molecule has 7 heteroatoms. The smallest absolute Gasteiger partial charge is 0.234 e. The summed E-state index contributed by atoms with van der Waals surface area (Å²) in [4.78, 5) is 27.8. The predicted molar refractivity (Wildman–Crippen MR) is 101 cm³/mol. The van der Waals surface area contributed by atoms with Gasteiger partial charge >= 0.3 is 0 Å². The fourth-order valence-corrected chi connectivity index (χ4v) is 3.03. The summed E-state index contributed by atoms with van der Waals surface area (Å²) in [5.74, 6) is 0.218. The average Bonchev–Trinajstić information content (AvgIpc) is 2.55. The van der Waals surface area contributed by atoms with Gasteiger partial charge in [-0.15, -0.1) is 11.8 Å². The quantitative estimate of drug-likeness (QED) is 0.737. The van der Waals surface area contributed by atoms with Crippen LogP contribution in [0.15, 0.2) is 53.3 Å². The molecule has 0 aliphatic heterocycles. The zero-order valence-electron chi connectivity index (χ0n) is 13.2. The standard InChI is InChI=1S/C17H18BrN3O2S/c1-12(13-4-3-7-19-9-13)20-16(22)10-24-11-17(23)21-15-6-2-5-14(18)8-15/h2-9,12H,10-11H2,1H3,(H,20,22)(H,21,23). The number of hydrogen-bond donors (Lipinski definition) is 2. The van der Waals surface area contributed by atoms with Crippen molar-refractivity contribution in [2.24, 2.45) is 0 Å². The Morgan fingerprint density at radius 1 is 1.21 bits per heavy atom. The van der Waals surface area contributed by atoms with Crippen molar-refractivity contribution in [3.05, 3.63) is 58.8 Å². The van der Waals surface area contributed by atoms with Gasteiger partial charge in [0, 0.05) is 22.6 Å². The third kappa shape index (κ3) is 6.33. The zero-order chi connectivity index (χ0) is 17.4. The summed E-state index contributed by atoms with van der Waals surface area (Å²) in [5.41, 5.74) is 1.67. The number of nitrogens with one attached hydrogen (secondary N) is 2. The lowest BCUT2D eigenvalue weighted by atomic mass is 10.1. The number of carbonyl (C=O) groups is 2. The van der Waals surface area contributed by atoms with Crippen LogP contribution in [-0.2, 0) is 9.59 Å². The van der Waals surface area contributed by atoms with Crippen LogP contribution in [0.5, 0.6) is 0 Å². The van der Waals surface area contributed by atoms with Gasteiger partial charge in [-0.2, -0.15) is 0 Å². The molecule has 0 aliphatic rings. The first-order valence-electron chi connectivity index (χ1n) is 7.37. The molecule has 5 nitrogen and oxygen atoms in total. The molecule has 0 spiro atoms. The Hall–Kier alpha value is -1.86. The molecule has 2 rings (SSSR count). The van der Waals surface area contributed by atoms with E-state index in [1.165, 1.54) is 11.8 Å². The molecule has 24 heavy (non-hydrogen) atoms. The molecule has 1 aromatic carbocycles. The number of nitrogens with zero attached hydrogens (tertiary/aromatic N) is 1. The van der Waals surface area contributed by atoms with E-state index in [2.05, 4.69) is 31.5 Å². The van der Waals surface area contributed by atoms with Crippen molar-refractivity contribution in [3.8, 4) is 0 Å². The van der Waals surface area contributed by atoms with Crippen molar-refractivity contribution in [1.82, 2.24) is 10.3 Å². The Morgan fingerprint density at radius 2 is 2.00 bits per heavy atom. The predicted octanol–water partition coefficient (Wildman–Crippen LogP) is 3.39. The lowest BCUT2D eigenvalue weighted by Crippen LogP contribution is -2.28. The number of anilines is 1. The molecular weight excluding hydrogens is 390 g/mol. The van der Waals surface area contributed by atoms with Gasteiger partial charge in [0.25, 0.3) is 0 Å². The van der Waals surface area contributed by atoms with E-state index in [9.17, 15) is 9.59 Å². The second-order valence-corrected chi connectivity index (χ2v) is 7.03. The van der Waals surface area contributed by atoms with E-state index >= 15 is 0 Å². The molecule has 1 atom stereocenters. The van der Waals surface area contributed by atoms with Crippen molar-refractivity contribution < 1.29 is 9.59 Å².